The third-order valence-corrected chi connectivity index (χ3v) is 5.20. The van der Waals surface area contributed by atoms with Crippen LogP contribution in [0.4, 0.5) is 0 Å². The molecule has 5 nitrogen and oxygen atoms in total. The molecule has 0 radical (unpaired) electrons. The first kappa shape index (κ1) is 18.1. The summed E-state index contributed by atoms with van der Waals surface area (Å²) in [4.78, 5) is 4.20. The molecule has 0 bridgehead atoms. The zero-order valence-corrected chi connectivity index (χ0v) is 14.2. The highest BCUT2D eigenvalue weighted by Gasteiger charge is 2.18. The summed E-state index contributed by atoms with van der Waals surface area (Å²) < 4.78 is 26.7. The molecule has 1 atom stereocenters. The van der Waals surface area contributed by atoms with E-state index in [2.05, 4.69) is 15.0 Å². The lowest BCUT2D eigenvalue weighted by Crippen LogP contribution is -2.37. The molecule has 21 heavy (non-hydrogen) atoms. The van der Waals surface area contributed by atoms with Gasteiger partial charge >= 0.3 is 0 Å². The van der Waals surface area contributed by atoms with Crippen LogP contribution in [-0.2, 0) is 10.0 Å². The summed E-state index contributed by atoms with van der Waals surface area (Å²) in [6, 6.07) is 9.60. The lowest BCUT2D eigenvalue weighted by Gasteiger charge is -2.10. The molecule has 0 aliphatic heterocycles. The minimum atomic E-state index is -3.54. The Hall–Kier alpha value is -0.990. The zero-order valence-electron chi connectivity index (χ0n) is 11.7. The molecule has 116 valence electrons. The number of hydrogen-bond donors (Lipinski definition) is 2. The number of sulfonamides is 1. The van der Waals surface area contributed by atoms with Crippen molar-refractivity contribution in [1.29, 1.82) is 0 Å². The fourth-order valence-corrected chi connectivity index (χ4v) is 3.73. The van der Waals surface area contributed by atoms with Gasteiger partial charge in [-0.1, -0.05) is 30.3 Å². The second-order valence-corrected chi connectivity index (χ2v) is 6.97. The van der Waals surface area contributed by atoms with E-state index in [0.29, 0.717) is 11.6 Å². The second kappa shape index (κ2) is 7.86. The van der Waals surface area contributed by atoms with Gasteiger partial charge in [-0.2, -0.15) is 0 Å². The molecule has 0 fully saturated rings. The monoisotopic (exact) mass is 347 g/mol. The van der Waals surface area contributed by atoms with E-state index in [4.69, 9.17) is 0 Å². The molecule has 2 N–H and O–H groups in total. The van der Waals surface area contributed by atoms with Crippen LogP contribution in [0.1, 0.15) is 6.92 Å². The van der Waals surface area contributed by atoms with Gasteiger partial charge < -0.3 is 5.32 Å². The van der Waals surface area contributed by atoms with E-state index in [1.807, 2.05) is 37.3 Å². The normalized spacial score (nSPS) is 12.7. The SMILES string of the molecule is CNC(C)CNS(=O)(=O)c1csc(-c2ccccc2)n1.Cl. The topological polar surface area (TPSA) is 71.1 Å². The first-order chi connectivity index (χ1) is 9.53. The Labute approximate surface area is 135 Å². The molecular formula is C13H18ClN3O2S2. The van der Waals surface area contributed by atoms with E-state index in [9.17, 15) is 8.42 Å². The van der Waals surface area contributed by atoms with Gasteiger partial charge in [0, 0.05) is 23.5 Å². The number of likely N-dealkylation sites (N-methyl/N-ethyl adjacent to an activating group) is 1. The van der Waals surface area contributed by atoms with Gasteiger partial charge in [-0.3, -0.25) is 0 Å². The highest BCUT2D eigenvalue weighted by molar-refractivity contribution is 7.89. The fourth-order valence-electron chi connectivity index (χ4n) is 1.51. The molecule has 0 saturated carbocycles. The molecule has 0 aliphatic rings. The highest BCUT2D eigenvalue weighted by Crippen LogP contribution is 2.25. The largest absolute Gasteiger partial charge is 0.316 e. The van der Waals surface area contributed by atoms with Crippen molar-refractivity contribution in [2.24, 2.45) is 0 Å². The maximum Gasteiger partial charge on any atom is 0.258 e. The van der Waals surface area contributed by atoms with Crippen molar-refractivity contribution in [2.75, 3.05) is 13.6 Å². The minimum Gasteiger partial charge on any atom is -0.316 e. The van der Waals surface area contributed by atoms with Crippen LogP contribution in [0.3, 0.4) is 0 Å². The number of rotatable bonds is 6. The molecule has 2 aromatic rings. The molecule has 1 aromatic carbocycles. The summed E-state index contributed by atoms with van der Waals surface area (Å²) in [5, 5.41) is 5.31. The van der Waals surface area contributed by atoms with Gasteiger partial charge in [0.15, 0.2) is 5.03 Å². The van der Waals surface area contributed by atoms with Gasteiger partial charge in [0.25, 0.3) is 10.0 Å². The number of nitrogens with zero attached hydrogens (tertiary/aromatic N) is 1. The van der Waals surface area contributed by atoms with E-state index < -0.39 is 10.0 Å². The average Bonchev–Trinajstić information content (AvgIpc) is 2.96. The van der Waals surface area contributed by atoms with E-state index in [0.717, 1.165) is 5.56 Å². The van der Waals surface area contributed by atoms with Crippen molar-refractivity contribution < 1.29 is 8.42 Å². The first-order valence-electron chi connectivity index (χ1n) is 6.21. The van der Waals surface area contributed by atoms with Crippen LogP contribution in [0.15, 0.2) is 40.7 Å². The summed E-state index contributed by atoms with van der Waals surface area (Å²) >= 11 is 1.32. The molecule has 1 unspecified atom stereocenters. The van der Waals surface area contributed by atoms with Crippen LogP contribution in [-0.4, -0.2) is 33.0 Å². The highest BCUT2D eigenvalue weighted by atomic mass is 35.5. The fraction of sp³-hybridized carbons (Fsp3) is 0.308. The van der Waals surface area contributed by atoms with Crippen LogP contribution >= 0.6 is 23.7 Å². The van der Waals surface area contributed by atoms with Crippen molar-refractivity contribution in [3.8, 4) is 10.6 Å². The molecule has 1 heterocycles. The molecular weight excluding hydrogens is 330 g/mol. The van der Waals surface area contributed by atoms with E-state index in [1.54, 1.807) is 12.4 Å². The number of benzene rings is 1. The van der Waals surface area contributed by atoms with Gasteiger partial charge in [-0.25, -0.2) is 18.1 Å². The second-order valence-electron chi connectivity index (χ2n) is 4.40. The molecule has 2 rings (SSSR count). The number of halogens is 1. The molecule has 0 spiro atoms. The summed E-state index contributed by atoms with van der Waals surface area (Å²) in [6.07, 6.45) is 0. The van der Waals surface area contributed by atoms with Crippen molar-refractivity contribution in [3.63, 3.8) is 0 Å². The smallest absolute Gasteiger partial charge is 0.258 e. The standard InChI is InChI=1S/C13H17N3O2S2.ClH/c1-10(14-2)8-15-20(17,18)12-9-19-13(16-12)11-6-4-3-5-7-11;/h3-7,9-10,14-15H,8H2,1-2H3;1H. The number of nitrogens with one attached hydrogen (secondary N) is 2. The Balaban J connectivity index is 0.00000220. The Morgan fingerprint density at radius 2 is 1.95 bits per heavy atom. The minimum absolute atomic E-state index is 0. The van der Waals surface area contributed by atoms with Gasteiger partial charge in [-0.05, 0) is 14.0 Å². The lowest BCUT2D eigenvalue weighted by molar-refractivity contribution is 0.552. The maximum absolute atomic E-state index is 12.1. The molecule has 8 heteroatoms. The Morgan fingerprint density at radius 3 is 2.57 bits per heavy atom. The third-order valence-electron chi connectivity index (χ3n) is 2.85. The quantitative estimate of drug-likeness (QED) is 0.839. The van der Waals surface area contributed by atoms with Gasteiger partial charge in [-0.15, -0.1) is 23.7 Å². The summed E-state index contributed by atoms with van der Waals surface area (Å²) in [7, 11) is -1.76. The molecule has 0 aliphatic carbocycles. The third kappa shape index (κ3) is 4.76. The maximum atomic E-state index is 12.1. The van der Waals surface area contributed by atoms with Crippen molar-refractivity contribution in [1.82, 2.24) is 15.0 Å². The van der Waals surface area contributed by atoms with E-state index in [1.165, 1.54) is 11.3 Å². The molecule has 0 saturated heterocycles. The van der Waals surface area contributed by atoms with Crippen molar-refractivity contribution in [2.45, 2.75) is 18.0 Å². The Morgan fingerprint density at radius 1 is 1.29 bits per heavy atom. The lowest BCUT2D eigenvalue weighted by atomic mass is 10.2. The zero-order chi connectivity index (χ0) is 14.6. The summed E-state index contributed by atoms with van der Waals surface area (Å²) in [6.45, 7) is 2.23. The van der Waals surface area contributed by atoms with Crippen LogP contribution in [0.2, 0.25) is 0 Å². The van der Waals surface area contributed by atoms with Gasteiger partial charge in [0.1, 0.15) is 5.01 Å². The Kier molecular flexibility index (Phi) is 6.76. The predicted octanol–water partition coefficient (Wildman–Crippen LogP) is 2.12. The van der Waals surface area contributed by atoms with Crippen molar-refractivity contribution in [3.05, 3.63) is 35.7 Å². The first-order valence-corrected chi connectivity index (χ1v) is 8.57. The number of aromatic nitrogens is 1. The van der Waals surface area contributed by atoms with Crippen LogP contribution in [0, 0.1) is 0 Å². The van der Waals surface area contributed by atoms with Gasteiger partial charge in [0.2, 0.25) is 0 Å². The predicted molar refractivity (Wildman–Crippen MR) is 88.5 cm³/mol. The van der Waals surface area contributed by atoms with Crippen LogP contribution in [0.5, 0.6) is 0 Å². The van der Waals surface area contributed by atoms with E-state index >= 15 is 0 Å². The van der Waals surface area contributed by atoms with E-state index in [-0.39, 0.29) is 23.5 Å². The molecule has 1 aromatic heterocycles. The number of hydrogen-bond acceptors (Lipinski definition) is 5. The van der Waals surface area contributed by atoms with Crippen LogP contribution in [0.25, 0.3) is 10.6 Å². The van der Waals surface area contributed by atoms with Gasteiger partial charge in [0.05, 0.1) is 0 Å². The summed E-state index contributed by atoms with van der Waals surface area (Å²) in [5.41, 5.74) is 0.919. The Bertz CT molecular complexity index is 659. The molecule has 0 amide bonds. The summed E-state index contributed by atoms with van der Waals surface area (Å²) in [5.74, 6) is 0. The van der Waals surface area contributed by atoms with Crippen LogP contribution < -0.4 is 10.0 Å². The van der Waals surface area contributed by atoms with Crippen molar-refractivity contribution >= 4 is 33.8 Å². The number of thiazole rings is 1. The average molecular weight is 348 g/mol.